The van der Waals surface area contributed by atoms with Crippen LogP contribution in [0.3, 0.4) is 0 Å². The highest BCUT2D eigenvalue weighted by Gasteiger charge is 2.08. The predicted molar refractivity (Wildman–Crippen MR) is 62.3 cm³/mol. The Morgan fingerprint density at radius 2 is 2.15 bits per heavy atom. The van der Waals surface area contributed by atoms with Crippen LogP contribution in [0, 0.1) is 0 Å². The molecule has 0 radical (unpaired) electrons. The van der Waals surface area contributed by atoms with Crippen LogP contribution in [0.1, 0.15) is 6.92 Å². The summed E-state index contributed by atoms with van der Waals surface area (Å²) in [5.74, 6) is -0.0689. The van der Waals surface area contributed by atoms with E-state index < -0.39 is 0 Å². The van der Waals surface area contributed by atoms with Gasteiger partial charge in [0.05, 0.1) is 0 Å². The van der Waals surface area contributed by atoms with E-state index >= 15 is 0 Å². The van der Waals surface area contributed by atoms with Crippen molar-refractivity contribution >= 4 is 39.9 Å². The molecule has 0 fully saturated rings. The zero-order chi connectivity index (χ0) is 8.27. The van der Waals surface area contributed by atoms with E-state index in [1.54, 1.807) is 17.4 Å². The fourth-order valence-corrected chi connectivity index (χ4v) is 0.830. The fraction of sp³-hybridized carbons (Fsp3) is 0.286. The lowest BCUT2D eigenvalue weighted by atomic mass is 10.7. The van der Waals surface area contributed by atoms with E-state index in [4.69, 9.17) is 0 Å². The lowest BCUT2D eigenvalue weighted by Crippen LogP contribution is -2.37. The van der Waals surface area contributed by atoms with Gasteiger partial charge < -0.3 is 4.90 Å². The number of nitrogens with one attached hydrogen (secondary N) is 1. The molecule has 0 unspecified atom stereocenters. The second-order valence-electron chi connectivity index (χ2n) is 2.27. The van der Waals surface area contributed by atoms with Gasteiger partial charge in [-0.2, -0.15) is 0 Å². The zero-order valence-corrected chi connectivity index (χ0v) is 10.7. The van der Waals surface area contributed by atoms with E-state index in [0.717, 1.165) is 0 Å². The van der Waals surface area contributed by atoms with Crippen LogP contribution in [0.4, 0.5) is 0 Å². The zero-order valence-electron chi connectivity index (χ0n) is 7.27. The first-order chi connectivity index (χ1) is 5.22. The van der Waals surface area contributed by atoms with Crippen molar-refractivity contribution in [3.63, 3.8) is 0 Å². The van der Waals surface area contributed by atoms with Crippen molar-refractivity contribution in [1.82, 2.24) is 15.3 Å². The summed E-state index contributed by atoms with van der Waals surface area (Å²) in [6.45, 7) is 5.70. The molecule has 0 aliphatic carbocycles. The Kier molecular flexibility index (Phi) is 8.04. The van der Waals surface area contributed by atoms with Gasteiger partial charge >= 0.3 is 0 Å². The van der Waals surface area contributed by atoms with Crippen molar-refractivity contribution in [2.75, 3.05) is 6.67 Å². The molecular formula is C7H13Br2N3O. The first-order valence-corrected chi connectivity index (χ1v) is 3.33. The van der Waals surface area contributed by atoms with Crippen LogP contribution in [0.5, 0.6) is 0 Å². The molecule has 76 valence electrons. The highest BCUT2D eigenvalue weighted by Crippen LogP contribution is 2.02. The number of rotatable bonds is 2. The van der Waals surface area contributed by atoms with Gasteiger partial charge in [-0.05, 0) is 6.20 Å². The first-order valence-electron chi connectivity index (χ1n) is 3.33. The van der Waals surface area contributed by atoms with Gasteiger partial charge in [0.1, 0.15) is 6.67 Å². The van der Waals surface area contributed by atoms with Crippen molar-refractivity contribution in [2.24, 2.45) is 0 Å². The van der Waals surface area contributed by atoms with E-state index in [-0.39, 0.29) is 39.9 Å². The average Bonchev–Trinajstić information content (AvgIpc) is 2.34. The maximum Gasteiger partial charge on any atom is 0.235 e. The van der Waals surface area contributed by atoms with Gasteiger partial charge in [0.25, 0.3) is 0 Å². The predicted octanol–water partition coefficient (Wildman–Crippen LogP) is 1.38. The third-order valence-electron chi connectivity index (χ3n) is 1.29. The van der Waals surface area contributed by atoms with Crippen LogP contribution in [-0.2, 0) is 4.79 Å². The molecule has 0 bridgehead atoms. The third kappa shape index (κ3) is 4.94. The van der Waals surface area contributed by atoms with Crippen LogP contribution in [0.15, 0.2) is 25.2 Å². The minimum atomic E-state index is -0.0689. The summed E-state index contributed by atoms with van der Waals surface area (Å²) in [5.41, 5.74) is 2.62. The number of amides is 1. The summed E-state index contributed by atoms with van der Waals surface area (Å²) in [4.78, 5) is 12.4. The molecule has 1 amide bonds. The van der Waals surface area contributed by atoms with Crippen molar-refractivity contribution < 1.29 is 4.79 Å². The number of nitrogens with zero attached hydrogens (tertiary/aromatic N) is 2. The topological polar surface area (TPSA) is 35.6 Å². The smallest absolute Gasteiger partial charge is 0.235 e. The van der Waals surface area contributed by atoms with Gasteiger partial charge in [0, 0.05) is 19.3 Å². The Morgan fingerprint density at radius 1 is 1.54 bits per heavy atom. The summed E-state index contributed by atoms with van der Waals surface area (Å²) in [6.07, 6.45) is 5.31. The number of halogens is 2. The second kappa shape index (κ2) is 6.97. The maximum absolute atomic E-state index is 10.6. The standard InChI is InChI=1S/C7H11N3O.2BrH/c1-3-9-4-5-10(6-9)8-7(2)11;;/h3-5H,1,6H2,2H3,(H,8,11);2*1H. The molecule has 0 atom stereocenters. The van der Waals surface area contributed by atoms with Gasteiger partial charge in [-0.15, -0.1) is 34.0 Å². The molecule has 0 aromatic heterocycles. The Labute approximate surface area is 98.8 Å². The van der Waals surface area contributed by atoms with Crippen LogP contribution in [0.2, 0.25) is 0 Å². The van der Waals surface area contributed by atoms with Crippen LogP contribution < -0.4 is 5.43 Å². The second-order valence-corrected chi connectivity index (χ2v) is 2.27. The van der Waals surface area contributed by atoms with Crippen molar-refractivity contribution in [1.29, 1.82) is 0 Å². The SMILES string of the molecule is Br.Br.C=CN1C=CN(NC(C)=O)C1. The molecule has 13 heavy (non-hydrogen) atoms. The Hall–Kier alpha value is -0.490. The van der Waals surface area contributed by atoms with Crippen molar-refractivity contribution in [2.45, 2.75) is 6.92 Å². The summed E-state index contributed by atoms with van der Waals surface area (Å²) in [5, 5.41) is 1.68. The molecule has 6 heteroatoms. The van der Waals surface area contributed by atoms with E-state index in [1.807, 2.05) is 11.1 Å². The molecule has 1 heterocycles. The molecule has 1 aliphatic heterocycles. The van der Waals surface area contributed by atoms with E-state index in [1.165, 1.54) is 6.92 Å². The van der Waals surface area contributed by atoms with E-state index in [9.17, 15) is 4.79 Å². The van der Waals surface area contributed by atoms with Crippen LogP contribution >= 0.6 is 34.0 Å². The number of carbonyl (C=O) groups is 1. The Balaban J connectivity index is 0. The summed E-state index contributed by atoms with van der Waals surface area (Å²) in [6, 6.07) is 0. The fourth-order valence-electron chi connectivity index (χ4n) is 0.830. The molecule has 0 spiro atoms. The Morgan fingerprint density at radius 3 is 2.54 bits per heavy atom. The lowest BCUT2D eigenvalue weighted by molar-refractivity contribution is -0.122. The third-order valence-corrected chi connectivity index (χ3v) is 1.29. The van der Waals surface area contributed by atoms with Gasteiger partial charge in [-0.25, -0.2) is 0 Å². The monoisotopic (exact) mass is 313 g/mol. The molecule has 0 saturated heterocycles. The van der Waals surface area contributed by atoms with Crippen LogP contribution in [0.25, 0.3) is 0 Å². The maximum atomic E-state index is 10.6. The first kappa shape index (κ1) is 15.0. The molecule has 0 aromatic rings. The summed E-state index contributed by atoms with van der Waals surface area (Å²) < 4.78 is 0. The number of hydrazine groups is 1. The quantitative estimate of drug-likeness (QED) is 0.836. The highest BCUT2D eigenvalue weighted by atomic mass is 79.9. The summed E-state index contributed by atoms with van der Waals surface area (Å²) >= 11 is 0. The van der Waals surface area contributed by atoms with E-state index in [0.29, 0.717) is 6.67 Å². The molecular weight excluding hydrogens is 302 g/mol. The van der Waals surface area contributed by atoms with Gasteiger partial charge in [-0.3, -0.25) is 15.2 Å². The molecule has 1 aliphatic rings. The average molecular weight is 315 g/mol. The van der Waals surface area contributed by atoms with Crippen molar-refractivity contribution in [3.8, 4) is 0 Å². The summed E-state index contributed by atoms with van der Waals surface area (Å²) in [7, 11) is 0. The minimum absolute atomic E-state index is 0. The molecule has 1 N–H and O–H groups in total. The number of hydrogen-bond donors (Lipinski definition) is 1. The molecule has 0 aromatic carbocycles. The number of hydrogen-bond acceptors (Lipinski definition) is 3. The number of carbonyl (C=O) groups excluding carboxylic acids is 1. The lowest BCUT2D eigenvalue weighted by Gasteiger charge is -2.17. The van der Waals surface area contributed by atoms with Crippen LogP contribution in [-0.4, -0.2) is 22.5 Å². The normalized spacial score (nSPS) is 13.0. The van der Waals surface area contributed by atoms with Gasteiger partial charge in [-0.1, -0.05) is 6.58 Å². The minimum Gasteiger partial charge on any atom is -0.334 e. The highest BCUT2D eigenvalue weighted by molar-refractivity contribution is 8.93. The molecule has 1 rings (SSSR count). The molecule has 0 saturated carbocycles. The van der Waals surface area contributed by atoms with E-state index in [2.05, 4.69) is 12.0 Å². The van der Waals surface area contributed by atoms with Crippen molar-refractivity contribution in [3.05, 3.63) is 25.2 Å². The largest absolute Gasteiger partial charge is 0.334 e. The Bertz CT molecular complexity index is 208. The van der Waals surface area contributed by atoms with Gasteiger partial charge in [0.15, 0.2) is 0 Å². The van der Waals surface area contributed by atoms with Gasteiger partial charge in [0.2, 0.25) is 5.91 Å². The molecule has 4 nitrogen and oxygen atoms in total.